The average molecular weight is 326 g/mol. The maximum absolute atomic E-state index is 12.6. The summed E-state index contributed by atoms with van der Waals surface area (Å²) >= 11 is 0. The first kappa shape index (κ1) is 18.5. The van der Waals surface area contributed by atoms with Gasteiger partial charge < -0.3 is 16.0 Å². The third-order valence-corrected chi connectivity index (χ3v) is 4.13. The fourth-order valence-electron chi connectivity index (χ4n) is 2.70. The van der Waals surface area contributed by atoms with Gasteiger partial charge in [-0.3, -0.25) is 9.59 Å². The number of nitrogens with one attached hydrogen (secondary N) is 1. The number of carbonyl (C=O) groups excluding carboxylic acids is 2. The molecular weight excluding hydrogens is 302 g/mol. The van der Waals surface area contributed by atoms with E-state index in [0.29, 0.717) is 25.1 Å². The van der Waals surface area contributed by atoms with Crippen LogP contribution in [0.3, 0.4) is 0 Å². The Kier molecular flexibility index (Phi) is 6.38. The predicted octanol–water partition coefficient (Wildman–Crippen LogP) is 1.57. The van der Waals surface area contributed by atoms with Crippen LogP contribution in [0.4, 0.5) is 0 Å². The van der Waals surface area contributed by atoms with Crippen LogP contribution in [0, 0.1) is 0 Å². The zero-order valence-corrected chi connectivity index (χ0v) is 13.9. The van der Waals surface area contributed by atoms with Gasteiger partial charge in [0.1, 0.15) is 5.54 Å². The Morgan fingerprint density at radius 1 is 1.36 bits per heavy atom. The monoisotopic (exact) mass is 325 g/mol. The van der Waals surface area contributed by atoms with Crippen molar-refractivity contribution in [3.8, 4) is 0 Å². The summed E-state index contributed by atoms with van der Waals surface area (Å²) in [5.74, 6) is -0.214. The molecule has 0 aromatic heterocycles. The van der Waals surface area contributed by atoms with Gasteiger partial charge in [-0.25, -0.2) is 0 Å². The average Bonchev–Trinajstić information content (AvgIpc) is 2.90. The molecule has 0 bridgehead atoms. The molecule has 1 aliphatic rings. The molecule has 0 radical (unpaired) electrons. The molecule has 5 nitrogen and oxygen atoms in total. The van der Waals surface area contributed by atoms with Gasteiger partial charge in [0.25, 0.3) is 5.91 Å². The molecule has 0 spiro atoms. The number of hydrogen-bond acceptors (Lipinski definition) is 3. The van der Waals surface area contributed by atoms with Crippen LogP contribution < -0.4 is 11.1 Å². The van der Waals surface area contributed by atoms with Crippen molar-refractivity contribution < 1.29 is 9.59 Å². The number of amides is 2. The van der Waals surface area contributed by atoms with E-state index in [1.54, 1.807) is 17.0 Å². The lowest BCUT2D eigenvalue weighted by Crippen LogP contribution is -2.57. The van der Waals surface area contributed by atoms with E-state index in [1.165, 1.54) is 0 Å². The zero-order valence-electron chi connectivity index (χ0n) is 13.0. The summed E-state index contributed by atoms with van der Waals surface area (Å²) in [5, 5.41) is 2.89. The van der Waals surface area contributed by atoms with E-state index in [0.717, 1.165) is 6.42 Å². The highest BCUT2D eigenvalue weighted by atomic mass is 35.5. The summed E-state index contributed by atoms with van der Waals surface area (Å²) in [4.78, 5) is 26.8. The normalized spacial score (nSPS) is 21.9. The number of nitrogens with two attached hydrogens (primary N) is 1. The van der Waals surface area contributed by atoms with Crippen LogP contribution in [-0.2, 0) is 4.79 Å². The smallest absolute Gasteiger partial charge is 0.254 e. The van der Waals surface area contributed by atoms with Gasteiger partial charge in [0.2, 0.25) is 5.91 Å². The topological polar surface area (TPSA) is 75.4 Å². The summed E-state index contributed by atoms with van der Waals surface area (Å²) in [6, 6.07) is 9.00. The second-order valence-electron chi connectivity index (χ2n) is 5.81. The fraction of sp³-hybridized carbons (Fsp3) is 0.500. The number of likely N-dealkylation sites (tertiary alicyclic amines) is 1. The molecule has 2 atom stereocenters. The van der Waals surface area contributed by atoms with Gasteiger partial charge >= 0.3 is 0 Å². The van der Waals surface area contributed by atoms with E-state index >= 15 is 0 Å². The van der Waals surface area contributed by atoms with Crippen molar-refractivity contribution in [2.24, 2.45) is 5.73 Å². The minimum absolute atomic E-state index is 0. The number of benzene rings is 1. The number of nitrogens with zero attached hydrogens (tertiary/aromatic N) is 1. The van der Waals surface area contributed by atoms with Gasteiger partial charge in [0, 0.05) is 24.7 Å². The first-order valence-electron chi connectivity index (χ1n) is 7.37. The van der Waals surface area contributed by atoms with Crippen LogP contribution in [0.1, 0.15) is 37.0 Å². The first-order valence-corrected chi connectivity index (χ1v) is 7.37. The Balaban J connectivity index is 0.00000242. The summed E-state index contributed by atoms with van der Waals surface area (Å²) in [6.45, 7) is 4.68. The van der Waals surface area contributed by atoms with Gasteiger partial charge in [-0.15, -0.1) is 12.4 Å². The van der Waals surface area contributed by atoms with Gasteiger partial charge in [0.05, 0.1) is 0 Å². The van der Waals surface area contributed by atoms with Gasteiger partial charge in [0.15, 0.2) is 0 Å². The number of rotatable bonds is 4. The van der Waals surface area contributed by atoms with E-state index in [4.69, 9.17) is 5.73 Å². The molecule has 6 heteroatoms. The minimum atomic E-state index is -0.795. The second kappa shape index (κ2) is 7.61. The molecule has 1 aliphatic heterocycles. The standard InChI is InChI=1S/C16H23N3O2.ClH/c1-12(11-17)18-15(21)16(2)9-6-10-19(16)14(20)13-7-4-3-5-8-13;/h3-5,7-8,12H,6,9-11,17H2,1-2H3,(H,18,21);1H/t12-,16?;/m0./s1. The van der Waals surface area contributed by atoms with Gasteiger partial charge in [-0.2, -0.15) is 0 Å². The lowest BCUT2D eigenvalue weighted by atomic mass is 9.96. The summed E-state index contributed by atoms with van der Waals surface area (Å²) in [5.41, 5.74) is 5.37. The minimum Gasteiger partial charge on any atom is -0.350 e. The Morgan fingerprint density at radius 2 is 2.00 bits per heavy atom. The molecule has 1 heterocycles. The molecule has 1 aromatic carbocycles. The van der Waals surface area contributed by atoms with Crippen LogP contribution in [0.15, 0.2) is 30.3 Å². The van der Waals surface area contributed by atoms with Crippen molar-refractivity contribution in [2.75, 3.05) is 13.1 Å². The SMILES string of the molecule is C[C@@H](CN)NC(=O)C1(C)CCCN1C(=O)c1ccccc1.Cl. The highest BCUT2D eigenvalue weighted by molar-refractivity contribution is 5.99. The van der Waals surface area contributed by atoms with Crippen molar-refractivity contribution in [1.29, 1.82) is 0 Å². The lowest BCUT2D eigenvalue weighted by Gasteiger charge is -2.34. The largest absolute Gasteiger partial charge is 0.350 e. The molecule has 1 fully saturated rings. The van der Waals surface area contributed by atoms with Crippen molar-refractivity contribution in [3.05, 3.63) is 35.9 Å². The Labute approximate surface area is 137 Å². The maximum atomic E-state index is 12.6. The molecule has 2 rings (SSSR count). The third kappa shape index (κ3) is 3.59. The summed E-state index contributed by atoms with van der Waals surface area (Å²) < 4.78 is 0. The van der Waals surface area contributed by atoms with Crippen LogP contribution >= 0.6 is 12.4 Å². The van der Waals surface area contributed by atoms with Crippen molar-refractivity contribution in [2.45, 2.75) is 38.3 Å². The number of hydrogen-bond donors (Lipinski definition) is 2. The van der Waals surface area contributed by atoms with E-state index in [9.17, 15) is 9.59 Å². The predicted molar refractivity (Wildman–Crippen MR) is 89.0 cm³/mol. The molecule has 22 heavy (non-hydrogen) atoms. The summed E-state index contributed by atoms with van der Waals surface area (Å²) in [6.07, 6.45) is 1.51. The first-order chi connectivity index (χ1) is 9.99. The molecule has 2 amide bonds. The molecular formula is C16H24ClN3O2. The van der Waals surface area contributed by atoms with Gasteiger partial charge in [-0.1, -0.05) is 18.2 Å². The third-order valence-electron chi connectivity index (χ3n) is 4.13. The molecule has 1 saturated heterocycles. The molecule has 122 valence electrons. The van der Waals surface area contributed by atoms with Crippen molar-refractivity contribution in [3.63, 3.8) is 0 Å². The van der Waals surface area contributed by atoms with E-state index in [2.05, 4.69) is 5.32 Å². The van der Waals surface area contributed by atoms with E-state index in [-0.39, 0.29) is 30.3 Å². The summed E-state index contributed by atoms with van der Waals surface area (Å²) in [7, 11) is 0. The van der Waals surface area contributed by atoms with Crippen molar-refractivity contribution in [1.82, 2.24) is 10.2 Å². The van der Waals surface area contributed by atoms with Crippen LogP contribution in [0.2, 0.25) is 0 Å². The Morgan fingerprint density at radius 3 is 2.59 bits per heavy atom. The highest BCUT2D eigenvalue weighted by Gasteiger charge is 2.45. The van der Waals surface area contributed by atoms with E-state index in [1.807, 2.05) is 32.0 Å². The van der Waals surface area contributed by atoms with Crippen LogP contribution in [-0.4, -0.2) is 41.4 Å². The second-order valence-corrected chi connectivity index (χ2v) is 5.81. The molecule has 1 aromatic rings. The number of carbonyl (C=O) groups is 2. The van der Waals surface area contributed by atoms with Gasteiger partial charge in [-0.05, 0) is 38.8 Å². The number of halogens is 1. The molecule has 0 saturated carbocycles. The van der Waals surface area contributed by atoms with E-state index < -0.39 is 5.54 Å². The molecule has 0 aliphatic carbocycles. The maximum Gasteiger partial charge on any atom is 0.254 e. The highest BCUT2D eigenvalue weighted by Crippen LogP contribution is 2.30. The fourth-order valence-corrected chi connectivity index (χ4v) is 2.70. The van der Waals surface area contributed by atoms with Crippen LogP contribution in [0.25, 0.3) is 0 Å². The molecule has 1 unspecified atom stereocenters. The van der Waals surface area contributed by atoms with Crippen LogP contribution in [0.5, 0.6) is 0 Å². The zero-order chi connectivity index (χ0) is 15.5. The van der Waals surface area contributed by atoms with Crippen molar-refractivity contribution >= 4 is 24.2 Å². The quantitative estimate of drug-likeness (QED) is 0.882. The molecule has 3 N–H and O–H groups in total. The lowest BCUT2D eigenvalue weighted by molar-refractivity contribution is -0.130. The Bertz CT molecular complexity index is 523. The Hall–Kier alpha value is -1.59.